The van der Waals surface area contributed by atoms with Crippen molar-refractivity contribution in [3.8, 4) is 5.75 Å². The molecule has 2 saturated heterocycles. The topological polar surface area (TPSA) is 101 Å². The molecule has 3 heterocycles. The molecule has 0 saturated carbocycles. The lowest BCUT2D eigenvalue weighted by atomic mass is 10.1. The van der Waals surface area contributed by atoms with Gasteiger partial charge >= 0.3 is 6.09 Å². The third-order valence-corrected chi connectivity index (χ3v) is 7.42. The van der Waals surface area contributed by atoms with Crippen LogP contribution in [0.5, 0.6) is 5.75 Å². The molecular weight excluding hydrogens is 563 g/mol. The van der Waals surface area contributed by atoms with Gasteiger partial charge in [0.25, 0.3) is 0 Å². The molecule has 2 aromatic carbocycles. The summed E-state index contributed by atoms with van der Waals surface area (Å²) >= 11 is 6.00. The van der Waals surface area contributed by atoms with Crippen LogP contribution in [0.1, 0.15) is 33.6 Å². The number of amides is 1. The van der Waals surface area contributed by atoms with Crippen LogP contribution < -0.4 is 20.3 Å². The number of carbonyl (C=O) groups is 1. The second-order valence-electron chi connectivity index (χ2n) is 11.5. The maximum absolute atomic E-state index is 13.7. The standard InChI is InChI=1S/C30H38ClFN6O4/c1-30(2,3)42-29(39)36-21-7-9-38(18-21)26-17-25-22(16-27(26)41-12-4-8-37-10-13-40-14-11-37)28(34-19-33-25)35-20-5-6-24(32)23(31)15-20/h5-6,15-17,19,21H,4,7-14,18H2,1-3H3,(H,36,39)(H,33,34,35). The summed E-state index contributed by atoms with van der Waals surface area (Å²) in [6.45, 7) is 11.7. The van der Waals surface area contributed by atoms with Crippen LogP contribution in [0.2, 0.25) is 5.02 Å². The fourth-order valence-corrected chi connectivity index (χ4v) is 5.29. The van der Waals surface area contributed by atoms with Crippen molar-refractivity contribution in [2.45, 2.75) is 45.3 Å². The van der Waals surface area contributed by atoms with Gasteiger partial charge in [0.1, 0.15) is 29.3 Å². The lowest BCUT2D eigenvalue weighted by Crippen LogP contribution is -2.40. The van der Waals surface area contributed by atoms with Gasteiger partial charge in [-0.3, -0.25) is 4.90 Å². The predicted octanol–water partition coefficient (Wildman–Crippen LogP) is 5.37. The molecule has 5 rings (SSSR count). The quantitative estimate of drug-likeness (QED) is 0.314. The molecule has 1 amide bonds. The number of hydrogen-bond acceptors (Lipinski definition) is 9. The number of nitrogens with zero attached hydrogens (tertiary/aromatic N) is 4. The van der Waals surface area contributed by atoms with Crippen LogP contribution in [0.25, 0.3) is 10.9 Å². The highest BCUT2D eigenvalue weighted by molar-refractivity contribution is 6.31. The number of fused-ring (bicyclic) bond motifs is 1. The van der Waals surface area contributed by atoms with Crippen molar-refractivity contribution >= 4 is 45.8 Å². The van der Waals surface area contributed by atoms with Gasteiger partial charge in [-0.15, -0.1) is 0 Å². The Kier molecular flexibility index (Phi) is 9.50. The van der Waals surface area contributed by atoms with Crippen LogP contribution in [-0.2, 0) is 9.47 Å². The molecule has 1 atom stereocenters. The molecule has 12 heteroatoms. The lowest BCUT2D eigenvalue weighted by molar-refractivity contribution is 0.0358. The van der Waals surface area contributed by atoms with E-state index >= 15 is 0 Å². The Labute approximate surface area is 250 Å². The van der Waals surface area contributed by atoms with E-state index in [1.165, 1.54) is 18.5 Å². The SMILES string of the molecule is CC(C)(C)OC(=O)NC1CCN(c2cc3ncnc(Nc4ccc(F)c(Cl)c4)c3cc2OCCCN2CCOCC2)C1. The van der Waals surface area contributed by atoms with Crippen LogP contribution in [0.3, 0.4) is 0 Å². The molecule has 2 aliphatic heterocycles. The monoisotopic (exact) mass is 600 g/mol. The summed E-state index contributed by atoms with van der Waals surface area (Å²) in [5, 5.41) is 7.01. The summed E-state index contributed by atoms with van der Waals surface area (Å²) in [7, 11) is 0. The number of carbonyl (C=O) groups excluding carboxylic acids is 1. The number of anilines is 3. The zero-order valence-corrected chi connectivity index (χ0v) is 25.0. The molecular formula is C30H38ClFN6O4. The van der Waals surface area contributed by atoms with Crippen molar-refractivity contribution in [2.75, 3.05) is 62.8 Å². The highest BCUT2D eigenvalue weighted by Crippen LogP contribution is 2.37. The van der Waals surface area contributed by atoms with Gasteiger partial charge in [0.05, 0.1) is 42.1 Å². The molecule has 0 bridgehead atoms. The molecule has 1 aromatic heterocycles. The smallest absolute Gasteiger partial charge is 0.407 e. The fraction of sp³-hybridized carbons (Fsp3) is 0.500. The third kappa shape index (κ3) is 7.90. The van der Waals surface area contributed by atoms with Gasteiger partial charge in [0.15, 0.2) is 0 Å². The molecule has 2 aliphatic rings. The zero-order chi connectivity index (χ0) is 29.7. The minimum atomic E-state index is -0.562. The van der Waals surface area contributed by atoms with Crippen molar-refractivity contribution in [3.63, 3.8) is 0 Å². The van der Waals surface area contributed by atoms with Crippen LogP contribution in [-0.4, -0.2) is 85.1 Å². The zero-order valence-electron chi connectivity index (χ0n) is 24.3. The normalized spacial score (nSPS) is 17.8. The minimum absolute atomic E-state index is 0.0218. The highest BCUT2D eigenvalue weighted by Gasteiger charge is 2.28. The summed E-state index contributed by atoms with van der Waals surface area (Å²) in [6.07, 6.45) is 2.71. The van der Waals surface area contributed by atoms with E-state index in [2.05, 4.69) is 30.4 Å². The van der Waals surface area contributed by atoms with Crippen molar-refractivity contribution < 1.29 is 23.4 Å². The maximum Gasteiger partial charge on any atom is 0.407 e. The van der Waals surface area contributed by atoms with Crippen molar-refractivity contribution in [2.24, 2.45) is 0 Å². The van der Waals surface area contributed by atoms with Gasteiger partial charge in [0.2, 0.25) is 0 Å². The van der Waals surface area contributed by atoms with E-state index in [0.717, 1.165) is 68.8 Å². The first kappa shape index (κ1) is 30.1. The Morgan fingerprint density at radius 2 is 1.98 bits per heavy atom. The molecule has 2 fully saturated rings. The molecule has 0 radical (unpaired) electrons. The van der Waals surface area contributed by atoms with Crippen LogP contribution in [0, 0.1) is 5.82 Å². The first-order chi connectivity index (χ1) is 20.1. The summed E-state index contributed by atoms with van der Waals surface area (Å²) in [4.78, 5) is 25.9. The summed E-state index contributed by atoms with van der Waals surface area (Å²) < 4.78 is 31.0. The average Bonchev–Trinajstić information content (AvgIpc) is 3.40. The number of benzene rings is 2. The summed E-state index contributed by atoms with van der Waals surface area (Å²) in [5.41, 5.74) is 1.67. The fourth-order valence-electron chi connectivity index (χ4n) is 5.11. The van der Waals surface area contributed by atoms with Gasteiger partial charge < -0.3 is 29.7 Å². The molecule has 3 aromatic rings. The molecule has 0 aliphatic carbocycles. The van der Waals surface area contributed by atoms with Crippen molar-refractivity contribution in [1.29, 1.82) is 0 Å². The van der Waals surface area contributed by atoms with E-state index in [1.54, 1.807) is 6.07 Å². The number of hydrogen-bond donors (Lipinski definition) is 2. The first-order valence-electron chi connectivity index (χ1n) is 14.3. The summed E-state index contributed by atoms with van der Waals surface area (Å²) in [5.74, 6) is 0.771. The Morgan fingerprint density at radius 1 is 1.17 bits per heavy atom. The van der Waals surface area contributed by atoms with Crippen molar-refractivity contribution in [3.05, 3.63) is 47.5 Å². The highest BCUT2D eigenvalue weighted by atomic mass is 35.5. The average molecular weight is 601 g/mol. The van der Waals surface area contributed by atoms with Gasteiger partial charge in [-0.25, -0.2) is 19.2 Å². The van der Waals surface area contributed by atoms with E-state index in [0.29, 0.717) is 30.4 Å². The molecule has 1 unspecified atom stereocenters. The van der Waals surface area contributed by atoms with Crippen LogP contribution >= 0.6 is 11.6 Å². The number of morpholine rings is 1. The van der Waals surface area contributed by atoms with E-state index in [9.17, 15) is 9.18 Å². The maximum atomic E-state index is 13.7. The second kappa shape index (κ2) is 13.3. The van der Waals surface area contributed by atoms with Gasteiger partial charge in [-0.2, -0.15) is 0 Å². The van der Waals surface area contributed by atoms with Gasteiger partial charge in [-0.1, -0.05) is 11.6 Å². The molecule has 0 spiro atoms. The molecule has 10 nitrogen and oxygen atoms in total. The van der Waals surface area contributed by atoms with Crippen molar-refractivity contribution in [1.82, 2.24) is 20.2 Å². The molecule has 42 heavy (non-hydrogen) atoms. The number of aromatic nitrogens is 2. The van der Waals surface area contributed by atoms with E-state index in [1.807, 2.05) is 32.9 Å². The Bertz CT molecular complexity index is 1400. The predicted molar refractivity (Wildman–Crippen MR) is 162 cm³/mol. The third-order valence-electron chi connectivity index (χ3n) is 7.13. The lowest BCUT2D eigenvalue weighted by Gasteiger charge is -2.27. The van der Waals surface area contributed by atoms with E-state index in [-0.39, 0.29) is 11.1 Å². The van der Waals surface area contributed by atoms with E-state index in [4.69, 9.17) is 25.8 Å². The number of rotatable bonds is 9. The summed E-state index contributed by atoms with van der Waals surface area (Å²) in [6, 6.07) is 8.31. The number of nitrogens with one attached hydrogen (secondary N) is 2. The first-order valence-corrected chi connectivity index (χ1v) is 14.7. The van der Waals surface area contributed by atoms with Crippen LogP contribution in [0.4, 0.5) is 26.4 Å². The minimum Gasteiger partial charge on any atom is -0.491 e. The number of alkyl carbamates (subject to hydrolysis) is 1. The van der Waals surface area contributed by atoms with Gasteiger partial charge in [-0.05, 0) is 63.9 Å². The Morgan fingerprint density at radius 3 is 2.74 bits per heavy atom. The van der Waals surface area contributed by atoms with Gasteiger partial charge in [0, 0.05) is 43.8 Å². The molecule has 2 N–H and O–H groups in total. The molecule has 226 valence electrons. The number of halogens is 2. The number of ether oxygens (including phenoxy) is 3. The van der Waals surface area contributed by atoms with E-state index < -0.39 is 17.5 Å². The van der Waals surface area contributed by atoms with Crippen LogP contribution in [0.15, 0.2) is 36.7 Å². The largest absolute Gasteiger partial charge is 0.491 e. The Balaban J connectivity index is 1.37. The Hall–Kier alpha value is -3.41. The second-order valence-corrected chi connectivity index (χ2v) is 12.0.